The Hall–Kier alpha value is -8.97. The first-order chi connectivity index (χ1) is 48.4. The van der Waals surface area contributed by atoms with Gasteiger partial charge in [-0.3, -0.25) is 14.4 Å². The molecule has 3 unspecified atom stereocenters. The summed E-state index contributed by atoms with van der Waals surface area (Å²) in [7, 11) is 1.93. The smallest absolute Gasteiger partial charge is 0.311 e. The van der Waals surface area contributed by atoms with Gasteiger partial charge in [0, 0.05) is 82.6 Å². The zero-order valence-electron chi connectivity index (χ0n) is 60.0. The molecule has 12 aromatic rings. The molecule has 15 rings (SSSR count). The van der Waals surface area contributed by atoms with Crippen molar-refractivity contribution in [3.8, 4) is 0 Å². The second kappa shape index (κ2) is 31.7. The maximum atomic E-state index is 13.3. The quantitative estimate of drug-likeness (QED) is 0.0854. The lowest BCUT2D eigenvalue weighted by Crippen LogP contribution is -2.34. The third-order valence-electron chi connectivity index (χ3n) is 21.7. The van der Waals surface area contributed by atoms with Gasteiger partial charge in [-0.15, -0.1) is 0 Å². The highest BCUT2D eigenvalue weighted by Gasteiger charge is 2.35. The number of rotatable bonds is 17. The highest BCUT2D eigenvalue weighted by atomic mass is 35.5. The van der Waals surface area contributed by atoms with Crippen LogP contribution in [-0.4, -0.2) is 75.9 Å². The average Bonchev–Trinajstić information content (AvgIpc) is 1.61. The van der Waals surface area contributed by atoms with Crippen LogP contribution in [0.2, 0.25) is 0 Å². The number of nitrogens with zero attached hydrogens (tertiary/aromatic N) is 7. The Morgan fingerprint density at radius 2 is 0.760 bits per heavy atom. The number of nitrogens with two attached hydrogens (primary N) is 1. The summed E-state index contributed by atoms with van der Waals surface area (Å²) >= 11 is 6.02. The summed E-state index contributed by atoms with van der Waals surface area (Å²) in [5.74, 6) is 0.0628. The van der Waals surface area contributed by atoms with Crippen LogP contribution < -0.4 is 5.73 Å². The highest BCUT2D eigenvalue weighted by molar-refractivity contribution is 6.64. The number of carbonyl (C=O) groups is 3. The number of amides is 1. The molecule has 6 aromatic heterocycles. The van der Waals surface area contributed by atoms with E-state index < -0.39 is 11.9 Å². The lowest BCUT2D eigenvalue weighted by Gasteiger charge is -2.27. The van der Waals surface area contributed by atoms with Crippen molar-refractivity contribution in [2.45, 2.75) is 176 Å². The van der Waals surface area contributed by atoms with Gasteiger partial charge in [-0.05, 0) is 216 Å². The molecule has 3 atom stereocenters. The number of pyridine rings is 3. The van der Waals surface area contributed by atoms with Crippen LogP contribution >= 0.6 is 11.6 Å². The number of fused-ring (bicyclic) bond motifs is 9. The molecule has 3 fully saturated rings. The monoisotopic (exact) mass is 1350 g/mol. The molecule has 0 bridgehead atoms. The SMILES string of the molecule is CCCN.CCN(C)C(=O)C(c1ccc(Cn2c3ccccc3c3c(C)cc(C)nc32)cc1)C1CCCC1.Cc1cc(C)c2c3ccccc3n(Cc3ccc(C(C(=O)Cl)C4CCCC4)cc3)c2n1.Cc1cc(C)c2c3ccccc3n(Cc3ccc(C(C(=O)O)C4CCCC4)cc3)c2n1. The number of hydrogen-bond donors (Lipinski definition) is 2. The van der Waals surface area contributed by atoms with E-state index in [0.717, 1.165) is 140 Å². The van der Waals surface area contributed by atoms with Gasteiger partial charge in [0.05, 0.1) is 34.3 Å². The number of likely N-dealkylation sites (N-methyl/N-ethyl adjacent to an activating group) is 1. The minimum atomic E-state index is -0.697. The molecule has 0 aliphatic heterocycles. The van der Waals surface area contributed by atoms with Crippen molar-refractivity contribution in [1.29, 1.82) is 0 Å². The first-order valence-corrected chi connectivity index (χ1v) is 37.0. The second-order valence-electron chi connectivity index (χ2n) is 28.7. The minimum absolute atomic E-state index is 0.0262. The number of aryl methyl sites for hydroxylation is 6. The number of carboxylic acid groups (broad SMARTS) is 1. The van der Waals surface area contributed by atoms with E-state index in [1.165, 1.54) is 102 Å². The summed E-state index contributed by atoms with van der Waals surface area (Å²) in [5, 5.41) is 17.0. The predicted octanol–water partition coefficient (Wildman–Crippen LogP) is 20.1. The molecule has 3 saturated carbocycles. The Morgan fingerprint density at radius 3 is 1.06 bits per heavy atom. The van der Waals surface area contributed by atoms with Gasteiger partial charge in [0.15, 0.2) is 0 Å². The van der Waals surface area contributed by atoms with Crippen molar-refractivity contribution in [2.24, 2.45) is 23.5 Å². The van der Waals surface area contributed by atoms with Crippen LogP contribution in [0.4, 0.5) is 0 Å². The van der Waals surface area contributed by atoms with Gasteiger partial charge in [-0.1, -0.05) is 173 Å². The first-order valence-electron chi connectivity index (χ1n) is 36.6. The average molecular weight is 1360 g/mol. The van der Waals surface area contributed by atoms with E-state index in [9.17, 15) is 19.5 Å². The van der Waals surface area contributed by atoms with E-state index in [2.05, 4.69) is 214 Å². The first kappa shape index (κ1) is 70.9. The molecule has 0 radical (unpaired) electrons. The van der Waals surface area contributed by atoms with E-state index in [0.29, 0.717) is 18.4 Å². The minimum Gasteiger partial charge on any atom is -0.481 e. The molecule has 100 heavy (non-hydrogen) atoms. The van der Waals surface area contributed by atoms with Crippen molar-refractivity contribution >= 4 is 94.5 Å². The topological polar surface area (TPSA) is 154 Å². The molecule has 1 amide bonds. The Balaban J connectivity index is 0.000000138. The molecule has 3 N–H and O–H groups in total. The van der Waals surface area contributed by atoms with Gasteiger partial charge in [0.25, 0.3) is 0 Å². The number of hydrogen-bond acceptors (Lipinski definition) is 7. The third-order valence-corrected chi connectivity index (χ3v) is 21.9. The van der Waals surface area contributed by atoms with Crippen LogP contribution in [0, 0.1) is 59.3 Å². The summed E-state index contributed by atoms with van der Waals surface area (Å²) in [6.07, 6.45) is 14.8. The van der Waals surface area contributed by atoms with Gasteiger partial charge in [-0.25, -0.2) is 15.0 Å². The number of para-hydroxylation sites is 3. The zero-order valence-corrected chi connectivity index (χ0v) is 60.8. The highest BCUT2D eigenvalue weighted by Crippen LogP contribution is 2.43. The van der Waals surface area contributed by atoms with Crippen molar-refractivity contribution in [3.05, 3.63) is 231 Å². The molecule has 13 heteroatoms. The van der Waals surface area contributed by atoms with Crippen LogP contribution in [-0.2, 0) is 34.0 Å². The lowest BCUT2D eigenvalue weighted by molar-refractivity contribution is -0.140. The third kappa shape index (κ3) is 15.1. The summed E-state index contributed by atoms with van der Waals surface area (Å²) in [6, 6.07) is 57.5. The predicted molar refractivity (Wildman–Crippen MR) is 412 cm³/mol. The van der Waals surface area contributed by atoms with Crippen LogP contribution in [0.1, 0.15) is 182 Å². The van der Waals surface area contributed by atoms with Gasteiger partial charge >= 0.3 is 5.97 Å². The zero-order chi connectivity index (χ0) is 70.3. The fourth-order valence-electron chi connectivity index (χ4n) is 16.7. The maximum absolute atomic E-state index is 13.3. The molecular weight excluding hydrogens is 1260 g/mol. The van der Waals surface area contributed by atoms with E-state index in [1.54, 1.807) is 0 Å². The molecule has 3 aliphatic carbocycles. The van der Waals surface area contributed by atoms with Crippen molar-refractivity contribution in [2.75, 3.05) is 20.1 Å². The number of carbonyl (C=O) groups excluding carboxylic acids is 2. The van der Waals surface area contributed by atoms with E-state index >= 15 is 0 Å². The van der Waals surface area contributed by atoms with Crippen LogP contribution in [0.3, 0.4) is 0 Å². The maximum Gasteiger partial charge on any atom is 0.311 e. The van der Waals surface area contributed by atoms with Crippen LogP contribution in [0.5, 0.6) is 0 Å². The van der Waals surface area contributed by atoms with Crippen LogP contribution in [0.15, 0.2) is 164 Å². The Kier molecular flexibility index (Phi) is 22.5. The summed E-state index contributed by atoms with van der Waals surface area (Å²) in [6.45, 7) is 20.5. The normalized spacial score (nSPS) is 15.2. The standard InChI is InChI=1S/C30H35N3O.C27H27ClN2O.C27H28N2O2.C3H9N/c1-5-32(4)30(34)28(23-10-6-7-11-23)24-16-14-22(15-17-24)19-33-26-13-9-8-12-25(26)27-20(2)18-21(3)31-29(27)33;1-17-15-18(2)29-27-24(17)22-9-5-6-10-23(22)30(27)16-19-11-13-21(14-12-19)25(26(28)31)20-7-3-4-8-20;1-17-15-18(2)28-26-24(17)22-9-5-6-10-23(22)29(26)16-19-11-13-21(14-12-19)25(27(30)31)20-7-3-4-8-20;1-2-3-4/h8-9,12-18,23,28H,5-7,10-11,19H2,1-4H3;5-6,9-15,20,25H,3-4,7-8,16H2,1-2H3;5-6,9-15,20,25H,3-4,7-8,16H2,1-2H3,(H,30,31);2-4H2,1H3. The van der Waals surface area contributed by atoms with Gasteiger partial charge < -0.3 is 29.4 Å². The summed E-state index contributed by atoms with van der Waals surface area (Å²) in [4.78, 5) is 54.0. The molecule has 0 saturated heterocycles. The number of aliphatic carboxylic acids is 1. The lowest BCUT2D eigenvalue weighted by atomic mass is 9.83. The van der Waals surface area contributed by atoms with Crippen molar-refractivity contribution in [1.82, 2.24) is 33.6 Å². The van der Waals surface area contributed by atoms with E-state index in [4.69, 9.17) is 32.3 Å². The van der Waals surface area contributed by atoms with Gasteiger partial charge in [0.1, 0.15) is 16.9 Å². The number of benzene rings is 6. The van der Waals surface area contributed by atoms with E-state index in [1.807, 2.05) is 31.0 Å². The fourth-order valence-corrected chi connectivity index (χ4v) is 17.0. The van der Waals surface area contributed by atoms with Gasteiger partial charge in [-0.2, -0.15) is 0 Å². The molecular formula is C87H99ClN8O4. The fraction of sp³-hybridized carbons (Fsp3) is 0.379. The largest absolute Gasteiger partial charge is 0.481 e. The molecule has 12 nitrogen and oxygen atoms in total. The second-order valence-corrected chi connectivity index (χ2v) is 29.1. The van der Waals surface area contributed by atoms with E-state index in [-0.39, 0.29) is 28.9 Å². The van der Waals surface area contributed by atoms with Crippen LogP contribution in [0.25, 0.3) is 65.8 Å². The summed E-state index contributed by atoms with van der Waals surface area (Å²) in [5.41, 5.74) is 25.3. The molecule has 6 aromatic carbocycles. The molecule has 518 valence electrons. The number of carboxylic acids is 1. The van der Waals surface area contributed by atoms with Gasteiger partial charge in [0.2, 0.25) is 11.1 Å². The number of halogens is 1. The molecule has 0 spiro atoms. The summed E-state index contributed by atoms with van der Waals surface area (Å²) < 4.78 is 6.93. The Morgan fingerprint density at radius 1 is 0.470 bits per heavy atom. The molecule has 6 heterocycles. The molecule has 3 aliphatic rings. The van der Waals surface area contributed by atoms with Crippen molar-refractivity contribution < 1.29 is 19.5 Å². The Bertz CT molecular complexity index is 4670. The number of aromatic nitrogens is 6. The Labute approximate surface area is 595 Å². The van der Waals surface area contributed by atoms with Crippen molar-refractivity contribution in [3.63, 3.8) is 0 Å².